The van der Waals surface area contributed by atoms with Crippen LogP contribution in [0.4, 0.5) is 0 Å². The van der Waals surface area contributed by atoms with Gasteiger partial charge in [0.05, 0.1) is 12.7 Å². The van der Waals surface area contributed by atoms with Crippen LogP contribution in [-0.2, 0) is 4.74 Å². The third-order valence-corrected chi connectivity index (χ3v) is 5.20. The lowest BCUT2D eigenvalue weighted by atomic mass is 9.87. The number of ether oxygens (including phenoxy) is 1. The number of nitrogens with zero attached hydrogens (tertiary/aromatic N) is 3. The van der Waals surface area contributed by atoms with E-state index >= 15 is 0 Å². The van der Waals surface area contributed by atoms with Gasteiger partial charge >= 0.3 is 0 Å². The molecule has 136 valence electrons. The molecule has 0 atom stereocenters. The zero-order valence-electron chi connectivity index (χ0n) is 16.1. The van der Waals surface area contributed by atoms with E-state index < -0.39 is 0 Å². The Labute approximate surface area is 144 Å². The van der Waals surface area contributed by atoms with Crippen LogP contribution in [0.15, 0.2) is 0 Å². The fourth-order valence-electron chi connectivity index (χ4n) is 3.82. The first-order chi connectivity index (χ1) is 10.9. The van der Waals surface area contributed by atoms with Crippen LogP contribution >= 0.6 is 0 Å². The molecule has 0 spiro atoms. The van der Waals surface area contributed by atoms with Crippen molar-refractivity contribution in [3.63, 3.8) is 0 Å². The summed E-state index contributed by atoms with van der Waals surface area (Å²) in [7, 11) is 2.26. The van der Waals surface area contributed by atoms with E-state index in [0.29, 0.717) is 6.10 Å². The average Bonchev–Trinajstić information content (AvgIpc) is 2.41. The zero-order chi connectivity index (χ0) is 16.8. The Balaban J connectivity index is 1.49. The Morgan fingerprint density at radius 3 is 2.13 bits per heavy atom. The van der Waals surface area contributed by atoms with E-state index in [2.05, 4.69) is 49.4 Å². The number of piperazine rings is 1. The molecule has 0 bridgehead atoms. The summed E-state index contributed by atoms with van der Waals surface area (Å²) < 4.78 is 6.08. The van der Waals surface area contributed by atoms with Crippen molar-refractivity contribution in [3.05, 3.63) is 0 Å². The van der Waals surface area contributed by atoms with Crippen LogP contribution in [0.2, 0.25) is 0 Å². The second kappa shape index (κ2) is 9.36. The van der Waals surface area contributed by atoms with Crippen molar-refractivity contribution >= 4 is 0 Å². The molecule has 4 heteroatoms. The van der Waals surface area contributed by atoms with Gasteiger partial charge in [0.1, 0.15) is 0 Å². The van der Waals surface area contributed by atoms with Gasteiger partial charge in [0.15, 0.2) is 0 Å². The Hall–Kier alpha value is -0.160. The van der Waals surface area contributed by atoms with Crippen molar-refractivity contribution in [3.8, 4) is 0 Å². The maximum Gasteiger partial charge on any atom is 0.0605 e. The van der Waals surface area contributed by atoms with Gasteiger partial charge in [0.2, 0.25) is 0 Å². The molecule has 1 aliphatic heterocycles. The maximum absolute atomic E-state index is 6.08. The van der Waals surface area contributed by atoms with Crippen molar-refractivity contribution < 1.29 is 4.74 Å². The van der Waals surface area contributed by atoms with E-state index in [1.807, 2.05) is 0 Å². The van der Waals surface area contributed by atoms with E-state index in [0.717, 1.165) is 31.0 Å². The van der Waals surface area contributed by atoms with Crippen LogP contribution in [-0.4, -0.2) is 86.3 Å². The van der Waals surface area contributed by atoms with E-state index in [9.17, 15) is 0 Å². The van der Waals surface area contributed by atoms with Gasteiger partial charge in [-0.2, -0.15) is 0 Å². The first-order valence-electron chi connectivity index (χ1n) is 9.70. The van der Waals surface area contributed by atoms with Gasteiger partial charge in [0, 0.05) is 51.9 Å². The van der Waals surface area contributed by atoms with Gasteiger partial charge in [-0.05, 0) is 31.7 Å². The van der Waals surface area contributed by atoms with Crippen LogP contribution in [0.5, 0.6) is 0 Å². The van der Waals surface area contributed by atoms with Crippen molar-refractivity contribution in [1.29, 1.82) is 0 Å². The minimum atomic E-state index is 0.511. The SMILES string of the molecule is CC(C)CN1CCN(CCO[C@H]2C[C@H](N(C)CC(C)C)C2)CC1. The molecule has 1 aliphatic carbocycles. The fourth-order valence-corrected chi connectivity index (χ4v) is 3.82. The van der Waals surface area contributed by atoms with Crippen molar-refractivity contribution in [2.24, 2.45) is 11.8 Å². The molecule has 23 heavy (non-hydrogen) atoms. The minimum Gasteiger partial charge on any atom is -0.377 e. The molecule has 0 aromatic heterocycles. The van der Waals surface area contributed by atoms with Crippen LogP contribution in [0, 0.1) is 11.8 Å². The lowest BCUT2D eigenvalue weighted by Gasteiger charge is -2.42. The van der Waals surface area contributed by atoms with Crippen molar-refractivity contribution in [2.45, 2.75) is 52.7 Å². The molecule has 0 unspecified atom stereocenters. The molecule has 0 amide bonds. The standard InChI is InChI=1S/C19H39N3O/c1-16(2)14-20(5)18-12-19(13-18)23-11-10-21-6-8-22(9-7-21)15-17(3)4/h16-19H,6-15H2,1-5H3/t18-,19-. The summed E-state index contributed by atoms with van der Waals surface area (Å²) in [6.45, 7) is 18.6. The summed E-state index contributed by atoms with van der Waals surface area (Å²) in [5, 5.41) is 0. The zero-order valence-corrected chi connectivity index (χ0v) is 16.1. The summed E-state index contributed by atoms with van der Waals surface area (Å²) in [6.07, 6.45) is 2.97. The Morgan fingerprint density at radius 2 is 1.57 bits per heavy atom. The number of hydrogen-bond donors (Lipinski definition) is 0. The number of hydrogen-bond acceptors (Lipinski definition) is 4. The molecule has 2 fully saturated rings. The topological polar surface area (TPSA) is 19.0 Å². The largest absolute Gasteiger partial charge is 0.377 e. The summed E-state index contributed by atoms with van der Waals surface area (Å²) in [4.78, 5) is 7.68. The monoisotopic (exact) mass is 325 g/mol. The Bertz CT molecular complexity index is 321. The van der Waals surface area contributed by atoms with E-state index in [4.69, 9.17) is 4.74 Å². The van der Waals surface area contributed by atoms with E-state index in [1.165, 1.54) is 52.1 Å². The second-order valence-electron chi connectivity index (χ2n) is 8.49. The smallest absolute Gasteiger partial charge is 0.0605 e. The predicted octanol–water partition coefficient (Wildman–Crippen LogP) is 2.40. The summed E-state index contributed by atoms with van der Waals surface area (Å²) in [5.41, 5.74) is 0. The molecule has 2 rings (SSSR count). The third-order valence-electron chi connectivity index (χ3n) is 5.20. The highest BCUT2D eigenvalue weighted by atomic mass is 16.5. The predicted molar refractivity (Wildman–Crippen MR) is 97.9 cm³/mol. The molecule has 1 heterocycles. The quantitative estimate of drug-likeness (QED) is 0.648. The Kier molecular flexibility index (Phi) is 7.80. The molecule has 1 saturated heterocycles. The molecule has 0 radical (unpaired) electrons. The molecular weight excluding hydrogens is 286 g/mol. The van der Waals surface area contributed by atoms with E-state index in [1.54, 1.807) is 0 Å². The second-order valence-corrected chi connectivity index (χ2v) is 8.49. The van der Waals surface area contributed by atoms with E-state index in [-0.39, 0.29) is 0 Å². The van der Waals surface area contributed by atoms with Gasteiger partial charge in [0.25, 0.3) is 0 Å². The normalized spacial score (nSPS) is 27.1. The maximum atomic E-state index is 6.08. The average molecular weight is 326 g/mol. The van der Waals surface area contributed by atoms with Gasteiger partial charge in [-0.15, -0.1) is 0 Å². The van der Waals surface area contributed by atoms with Gasteiger partial charge in [-0.25, -0.2) is 0 Å². The fraction of sp³-hybridized carbons (Fsp3) is 1.00. The minimum absolute atomic E-state index is 0.511. The third kappa shape index (κ3) is 6.69. The highest BCUT2D eigenvalue weighted by Gasteiger charge is 2.32. The highest BCUT2D eigenvalue weighted by molar-refractivity contribution is 4.87. The van der Waals surface area contributed by atoms with Crippen LogP contribution in [0.1, 0.15) is 40.5 Å². The first kappa shape index (κ1) is 19.2. The van der Waals surface area contributed by atoms with Crippen LogP contribution in [0.3, 0.4) is 0 Å². The van der Waals surface area contributed by atoms with Gasteiger partial charge in [-0.1, -0.05) is 27.7 Å². The van der Waals surface area contributed by atoms with Crippen LogP contribution < -0.4 is 0 Å². The summed E-state index contributed by atoms with van der Waals surface area (Å²) in [5.74, 6) is 1.54. The van der Waals surface area contributed by atoms with Gasteiger partial charge in [-0.3, -0.25) is 4.90 Å². The van der Waals surface area contributed by atoms with Gasteiger partial charge < -0.3 is 14.5 Å². The molecular formula is C19H39N3O. The lowest BCUT2D eigenvalue weighted by Crippen LogP contribution is -2.49. The molecule has 0 aromatic rings. The highest BCUT2D eigenvalue weighted by Crippen LogP contribution is 2.27. The lowest BCUT2D eigenvalue weighted by molar-refractivity contribution is -0.0543. The summed E-state index contributed by atoms with van der Waals surface area (Å²) in [6, 6.07) is 0.752. The molecule has 2 aliphatic rings. The van der Waals surface area contributed by atoms with Crippen LogP contribution in [0.25, 0.3) is 0 Å². The number of rotatable bonds is 9. The molecule has 4 nitrogen and oxygen atoms in total. The first-order valence-corrected chi connectivity index (χ1v) is 9.70. The molecule has 1 saturated carbocycles. The van der Waals surface area contributed by atoms with Crippen molar-refractivity contribution in [2.75, 3.05) is 59.5 Å². The van der Waals surface area contributed by atoms with Crippen molar-refractivity contribution in [1.82, 2.24) is 14.7 Å². The summed E-state index contributed by atoms with van der Waals surface area (Å²) >= 11 is 0. The molecule has 0 N–H and O–H groups in total. The molecule has 0 aromatic carbocycles. The Morgan fingerprint density at radius 1 is 0.957 bits per heavy atom.